The molecule has 1 saturated carbocycles. The van der Waals surface area contributed by atoms with Crippen molar-refractivity contribution in [1.29, 1.82) is 0 Å². The van der Waals surface area contributed by atoms with E-state index in [2.05, 4.69) is 10.4 Å². The molecule has 0 bridgehead atoms. The molecule has 13 heteroatoms. The highest BCUT2D eigenvalue weighted by molar-refractivity contribution is 6.33. The Kier molecular flexibility index (Phi) is 7.84. The zero-order valence-electron chi connectivity index (χ0n) is 18.0. The first kappa shape index (κ1) is 25.9. The van der Waals surface area contributed by atoms with Crippen LogP contribution in [0.1, 0.15) is 48.9 Å². The van der Waals surface area contributed by atoms with Gasteiger partial charge in [0.25, 0.3) is 11.5 Å². The maximum absolute atomic E-state index is 12.8. The van der Waals surface area contributed by atoms with Gasteiger partial charge in [-0.25, -0.2) is 4.79 Å². The summed E-state index contributed by atoms with van der Waals surface area (Å²) in [6.07, 6.45) is -2.55. The molecule has 1 heterocycles. The van der Waals surface area contributed by atoms with Crippen molar-refractivity contribution >= 4 is 17.5 Å². The fourth-order valence-corrected chi connectivity index (χ4v) is 3.98. The Morgan fingerprint density at radius 3 is 2.47 bits per heavy atom. The summed E-state index contributed by atoms with van der Waals surface area (Å²) in [4.78, 5) is 37.3. The van der Waals surface area contributed by atoms with Gasteiger partial charge in [-0.3, -0.25) is 14.2 Å². The Balaban J connectivity index is 1.87. The number of benzene rings is 1. The molecule has 0 saturated heterocycles. The van der Waals surface area contributed by atoms with Crippen molar-refractivity contribution in [2.24, 2.45) is 0 Å². The summed E-state index contributed by atoms with van der Waals surface area (Å²) in [5, 5.41) is 26.3. The van der Waals surface area contributed by atoms with Crippen molar-refractivity contribution in [2.75, 3.05) is 6.54 Å². The Labute approximate surface area is 196 Å². The van der Waals surface area contributed by atoms with E-state index in [1.54, 1.807) is 0 Å². The van der Waals surface area contributed by atoms with E-state index in [-0.39, 0.29) is 27.4 Å². The van der Waals surface area contributed by atoms with Crippen LogP contribution in [0.4, 0.5) is 13.2 Å². The van der Waals surface area contributed by atoms with E-state index >= 15 is 0 Å². The normalized spacial score (nSPS) is 17.1. The maximum atomic E-state index is 12.8. The van der Waals surface area contributed by atoms with Crippen molar-refractivity contribution < 1.29 is 28.2 Å². The summed E-state index contributed by atoms with van der Waals surface area (Å²) in [5.41, 5.74) is -3.50. The summed E-state index contributed by atoms with van der Waals surface area (Å²) in [6, 6.07) is 3.78. The summed E-state index contributed by atoms with van der Waals surface area (Å²) >= 11 is 6.13. The van der Waals surface area contributed by atoms with Crippen molar-refractivity contribution in [3.63, 3.8) is 0 Å². The minimum atomic E-state index is -5.03. The summed E-state index contributed by atoms with van der Waals surface area (Å²) in [5.74, 6) is -0.626. The number of hydrogen-bond donors (Lipinski definition) is 3. The molecule has 186 valence electrons. The van der Waals surface area contributed by atoms with Crippen LogP contribution in [-0.2, 0) is 6.54 Å². The number of halogens is 4. The van der Waals surface area contributed by atoms with Gasteiger partial charge in [0, 0.05) is 6.54 Å². The van der Waals surface area contributed by atoms with E-state index < -0.39 is 41.6 Å². The number of nitrogens with zero attached hydrogens (tertiary/aromatic N) is 3. The Morgan fingerprint density at radius 1 is 1.21 bits per heavy atom. The third-order valence-electron chi connectivity index (χ3n) is 5.75. The van der Waals surface area contributed by atoms with Crippen LogP contribution in [0.3, 0.4) is 0 Å². The smallest absolute Gasteiger partial charge is 0.388 e. The van der Waals surface area contributed by atoms with Crippen LogP contribution in [0, 0.1) is 0 Å². The molecule has 1 unspecified atom stereocenters. The maximum Gasteiger partial charge on any atom is 0.416 e. The monoisotopic (exact) mass is 504 g/mol. The van der Waals surface area contributed by atoms with Gasteiger partial charge in [-0.15, -0.1) is 0 Å². The van der Waals surface area contributed by atoms with Gasteiger partial charge in [0.05, 0.1) is 28.4 Å². The Morgan fingerprint density at radius 2 is 1.85 bits per heavy atom. The number of nitrogens with one attached hydrogen (secondary N) is 1. The molecule has 1 aromatic carbocycles. The highest BCUT2D eigenvalue weighted by Gasteiger charge is 2.39. The molecule has 3 rings (SSSR count). The molecule has 0 aliphatic heterocycles. The van der Waals surface area contributed by atoms with E-state index in [1.165, 1.54) is 18.2 Å². The van der Waals surface area contributed by atoms with E-state index in [4.69, 9.17) is 11.6 Å². The van der Waals surface area contributed by atoms with Crippen LogP contribution in [0.25, 0.3) is 5.69 Å². The van der Waals surface area contributed by atoms with Crippen molar-refractivity contribution in [3.05, 3.63) is 55.8 Å². The van der Waals surface area contributed by atoms with Crippen LogP contribution in [0.2, 0.25) is 5.02 Å². The number of hydrogen-bond acceptors (Lipinski definition) is 6. The molecule has 3 N–H and O–H groups in total. The molecule has 34 heavy (non-hydrogen) atoms. The Bertz CT molecular complexity index is 1160. The second-order valence-corrected chi connectivity index (χ2v) is 8.74. The van der Waals surface area contributed by atoms with Crippen molar-refractivity contribution in [2.45, 2.75) is 63.0 Å². The summed E-state index contributed by atoms with van der Waals surface area (Å²) in [6.45, 7) is -1.31. The molecular weight excluding hydrogens is 481 g/mol. The van der Waals surface area contributed by atoms with Gasteiger partial charge in [0.1, 0.15) is 6.20 Å². The van der Waals surface area contributed by atoms with E-state index in [1.807, 2.05) is 0 Å². The molecule has 0 radical (unpaired) electrons. The molecule has 1 atom stereocenters. The zero-order valence-corrected chi connectivity index (χ0v) is 18.8. The largest absolute Gasteiger partial charge is 0.416 e. The van der Waals surface area contributed by atoms with Crippen LogP contribution >= 0.6 is 11.6 Å². The number of amides is 1. The topological polar surface area (TPSA) is 126 Å². The third kappa shape index (κ3) is 6.05. The van der Waals surface area contributed by atoms with Gasteiger partial charge in [-0.1, -0.05) is 37.3 Å². The first-order valence-electron chi connectivity index (χ1n) is 10.7. The first-order chi connectivity index (χ1) is 15.9. The molecule has 2 aromatic rings. The second kappa shape index (κ2) is 10.3. The number of carbonyl (C=O) groups excluding carboxylic acids is 1. The highest BCUT2D eigenvalue weighted by Crippen LogP contribution is 2.27. The van der Waals surface area contributed by atoms with Crippen LogP contribution in [0.15, 0.2) is 34.0 Å². The molecule has 1 amide bonds. The van der Waals surface area contributed by atoms with E-state index in [0.29, 0.717) is 23.7 Å². The van der Waals surface area contributed by atoms with Crippen molar-refractivity contribution in [3.8, 4) is 5.69 Å². The lowest BCUT2D eigenvalue weighted by Crippen LogP contribution is -2.45. The predicted octanol–water partition coefficient (Wildman–Crippen LogP) is 1.79. The van der Waals surface area contributed by atoms with Crippen molar-refractivity contribution in [1.82, 2.24) is 19.7 Å². The molecule has 1 aliphatic rings. The zero-order chi connectivity index (χ0) is 25.1. The third-order valence-corrected chi connectivity index (χ3v) is 6.08. The summed E-state index contributed by atoms with van der Waals surface area (Å²) in [7, 11) is 0. The van der Waals surface area contributed by atoms with Gasteiger partial charge in [-0.2, -0.15) is 23.0 Å². The molecule has 1 aliphatic carbocycles. The van der Waals surface area contributed by atoms with E-state index in [0.717, 1.165) is 25.7 Å². The number of carbonyl (C=O) groups is 1. The fraction of sp³-hybridized carbons (Fsp3) is 0.524. The number of aliphatic hydroxyl groups excluding tert-OH is 1. The van der Waals surface area contributed by atoms with Gasteiger partial charge in [0.2, 0.25) is 0 Å². The number of rotatable bonds is 6. The molecule has 1 aromatic heterocycles. The number of alkyl halides is 3. The average molecular weight is 505 g/mol. The number of aliphatic hydroxyl groups is 2. The minimum Gasteiger partial charge on any atom is -0.388 e. The SMILES string of the molecule is O=C(NCC1(O)CCCCCC1)c1cc(-n2ncc(=O)n(CC(O)C(F)(F)F)c2=O)ccc1Cl. The van der Waals surface area contributed by atoms with E-state index in [9.17, 15) is 37.8 Å². The van der Waals surface area contributed by atoms with Gasteiger partial charge >= 0.3 is 11.9 Å². The molecule has 1 fully saturated rings. The highest BCUT2D eigenvalue weighted by atomic mass is 35.5. The van der Waals surface area contributed by atoms with Gasteiger partial charge in [-0.05, 0) is 31.0 Å². The molecule has 0 spiro atoms. The Hall–Kier alpha value is -2.70. The second-order valence-electron chi connectivity index (χ2n) is 8.33. The molecular formula is C21H24ClF3N4O5. The van der Waals surface area contributed by atoms with Crippen LogP contribution in [-0.4, -0.2) is 54.9 Å². The summed E-state index contributed by atoms with van der Waals surface area (Å²) < 4.78 is 38.9. The lowest BCUT2D eigenvalue weighted by Gasteiger charge is -2.26. The van der Waals surface area contributed by atoms with Crippen LogP contribution in [0.5, 0.6) is 0 Å². The van der Waals surface area contributed by atoms with Crippen LogP contribution < -0.4 is 16.6 Å². The predicted molar refractivity (Wildman–Crippen MR) is 116 cm³/mol. The average Bonchev–Trinajstić information content (AvgIpc) is 2.99. The molecule has 9 nitrogen and oxygen atoms in total. The first-order valence-corrected chi connectivity index (χ1v) is 11.0. The lowest BCUT2D eigenvalue weighted by atomic mass is 9.94. The standard InChI is InChI=1S/C21H24ClF3N4O5/c22-15-6-5-13(9-14(15)18(32)26-12-20(34)7-3-1-2-4-8-20)29-19(33)28(17(31)10-27-29)11-16(30)21(23,24)25/h5-6,9-10,16,30,34H,1-4,7-8,11-12H2,(H,26,32). The number of aromatic nitrogens is 3. The van der Waals surface area contributed by atoms with Gasteiger partial charge in [0.15, 0.2) is 6.10 Å². The fourth-order valence-electron chi connectivity index (χ4n) is 3.78. The van der Waals surface area contributed by atoms with Gasteiger partial charge < -0.3 is 15.5 Å². The quantitative estimate of drug-likeness (QED) is 0.515. The lowest BCUT2D eigenvalue weighted by molar-refractivity contribution is -0.207. The minimum absolute atomic E-state index is 0.00476.